The summed E-state index contributed by atoms with van der Waals surface area (Å²) in [6.45, 7) is -0.910. The van der Waals surface area contributed by atoms with E-state index in [2.05, 4.69) is 9.15 Å². The van der Waals surface area contributed by atoms with Crippen molar-refractivity contribution in [3.8, 4) is 0 Å². The Morgan fingerprint density at radius 1 is 1.64 bits per heavy atom. The molecule has 1 aromatic rings. The fourth-order valence-corrected chi connectivity index (χ4v) is 0.895. The van der Waals surface area contributed by atoms with E-state index >= 15 is 0 Å². The average molecular weight is 206 g/mol. The maximum atomic E-state index is 11.7. The van der Waals surface area contributed by atoms with Gasteiger partial charge in [0.1, 0.15) is 6.61 Å². The number of carboxylic acid groups (broad SMARTS) is 1. The number of ether oxygens (including phenoxy) is 1. The van der Waals surface area contributed by atoms with E-state index < -0.39 is 19.0 Å². The van der Waals surface area contributed by atoms with Gasteiger partial charge >= 0.3 is 5.97 Å². The molecule has 0 aliphatic rings. The minimum atomic E-state index is -2.56. The zero-order valence-electron chi connectivity index (χ0n) is 7.07. The summed E-state index contributed by atoms with van der Waals surface area (Å²) in [6.07, 6.45) is -1.39. The van der Waals surface area contributed by atoms with Gasteiger partial charge in [-0.2, -0.15) is 0 Å². The van der Waals surface area contributed by atoms with Crippen molar-refractivity contribution in [2.24, 2.45) is 0 Å². The van der Waals surface area contributed by atoms with Gasteiger partial charge in [0, 0.05) is 5.56 Å². The highest BCUT2D eigenvalue weighted by Crippen LogP contribution is 2.12. The first-order valence-electron chi connectivity index (χ1n) is 3.77. The zero-order chi connectivity index (χ0) is 10.6. The summed E-state index contributed by atoms with van der Waals surface area (Å²) in [5.41, 5.74) is 0.248. The van der Waals surface area contributed by atoms with Gasteiger partial charge in [0.2, 0.25) is 5.76 Å². The van der Waals surface area contributed by atoms with Crippen molar-refractivity contribution >= 4 is 5.97 Å². The molecule has 0 saturated carbocycles. The first-order valence-corrected chi connectivity index (χ1v) is 3.77. The van der Waals surface area contributed by atoms with Crippen LogP contribution in [0.15, 0.2) is 16.7 Å². The molecule has 1 heterocycles. The molecule has 0 bridgehead atoms. The number of halogens is 2. The molecule has 0 aromatic carbocycles. The number of aromatic carboxylic acids is 1. The van der Waals surface area contributed by atoms with E-state index in [1.165, 1.54) is 12.3 Å². The van der Waals surface area contributed by atoms with E-state index in [-0.39, 0.29) is 17.9 Å². The number of furan rings is 1. The van der Waals surface area contributed by atoms with E-state index in [0.29, 0.717) is 0 Å². The molecule has 1 N–H and O–H groups in total. The van der Waals surface area contributed by atoms with Gasteiger partial charge in [-0.15, -0.1) is 0 Å². The van der Waals surface area contributed by atoms with Crippen molar-refractivity contribution in [2.45, 2.75) is 13.0 Å². The molecule has 0 amide bonds. The molecular formula is C8H8F2O4. The maximum Gasteiger partial charge on any atom is 0.372 e. The molecule has 1 rings (SSSR count). The lowest BCUT2D eigenvalue weighted by molar-refractivity contribution is 0.00928. The Morgan fingerprint density at radius 3 is 2.93 bits per heavy atom. The monoisotopic (exact) mass is 206 g/mol. The summed E-state index contributed by atoms with van der Waals surface area (Å²) in [5.74, 6) is -1.52. The second-order valence-corrected chi connectivity index (χ2v) is 2.49. The Bertz CT molecular complexity index is 308. The van der Waals surface area contributed by atoms with Gasteiger partial charge in [-0.25, -0.2) is 13.6 Å². The minimum Gasteiger partial charge on any atom is -0.475 e. The van der Waals surface area contributed by atoms with Crippen molar-refractivity contribution in [1.29, 1.82) is 0 Å². The average Bonchev–Trinajstić information content (AvgIpc) is 2.51. The quantitative estimate of drug-likeness (QED) is 0.797. The maximum absolute atomic E-state index is 11.7. The highest BCUT2D eigenvalue weighted by atomic mass is 19.3. The van der Waals surface area contributed by atoms with Crippen LogP contribution < -0.4 is 0 Å². The third kappa shape index (κ3) is 2.81. The van der Waals surface area contributed by atoms with Gasteiger partial charge in [0.25, 0.3) is 6.43 Å². The van der Waals surface area contributed by atoms with Crippen LogP contribution >= 0.6 is 0 Å². The smallest absolute Gasteiger partial charge is 0.372 e. The fourth-order valence-electron chi connectivity index (χ4n) is 0.895. The predicted molar refractivity (Wildman–Crippen MR) is 41.3 cm³/mol. The Morgan fingerprint density at radius 2 is 2.36 bits per heavy atom. The number of rotatable bonds is 5. The molecule has 0 unspecified atom stereocenters. The van der Waals surface area contributed by atoms with Crippen molar-refractivity contribution in [3.05, 3.63) is 23.7 Å². The molecule has 0 radical (unpaired) electrons. The summed E-state index contributed by atoms with van der Waals surface area (Å²) in [4.78, 5) is 10.5. The van der Waals surface area contributed by atoms with Crippen molar-refractivity contribution < 1.29 is 27.8 Å². The van der Waals surface area contributed by atoms with Crippen molar-refractivity contribution in [3.63, 3.8) is 0 Å². The summed E-state index contributed by atoms with van der Waals surface area (Å²) in [6, 6.07) is 1.37. The predicted octanol–water partition coefficient (Wildman–Crippen LogP) is 1.76. The first kappa shape index (κ1) is 10.6. The lowest BCUT2D eigenvalue weighted by Gasteiger charge is -2.01. The topological polar surface area (TPSA) is 59.7 Å². The van der Waals surface area contributed by atoms with Gasteiger partial charge in [-0.3, -0.25) is 0 Å². The van der Waals surface area contributed by atoms with E-state index in [4.69, 9.17) is 5.11 Å². The van der Waals surface area contributed by atoms with Crippen LogP contribution in [0.4, 0.5) is 8.78 Å². The number of hydrogen-bond acceptors (Lipinski definition) is 3. The third-order valence-electron chi connectivity index (χ3n) is 1.44. The van der Waals surface area contributed by atoms with E-state index in [1.807, 2.05) is 0 Å². The number of hydrogen-bond donors (Lipinski definition) is 1. The van der Waals surface area contributed by atoms with Crippen LogP contribution in [-0.2, 0) is 11.3 Å². The molecule has 78 valence electrons. The van der Waals surface area contributed by atoms with Gasteiger partial charge in [-0.05, 0) is 6.07 Å². The highest BCUT2D eigenvalue weighted by molar-refractivity contribution is 5.85. The zero-order valence-corrected chi connectivity index (χ0v) is 7.07. The van der Waals surface area contributed by atoms with E-state index in [1.54, 1.807) is 0 Å². The van der Waals surface area contributed by atoms with Gasteiger partial charge in [0.05, 0.1) is 12.9 Å². The van der Waals surface area contributed by atoms with Gasteiger partial charge < -0.3 is 14.3 Å². The molecule has 4 nitrogen and oxygen atoms in total. The second kappa shape index (κ2) is 4.71. The largest absolute Gasteiger partial charge is 0.475 e. The summed E-state index contributed by atoms with van der Waals surface area (Å²) >= 11 is 0. The Hall–Kier alpha value is -1.43. The molecule has 0 aliphatic heterocycles. The Kier molecular flexibility index (Phi) is 3.58. The van der Waals surface area contributed by atoms with Gasteiger partial charge in [-0.1, -0.05) is 0 Å². The fraction of sp³-hybridized carbons (Fsp3) is 0.375. The Balaban J connectivity index is 2.50. The number of carbonyl (C=O) groups is 1. The van der Waals surface area contributed by atoms with Crippen LogP contribution in [0.1, 0.15) is 16.1 Å². The standard InChI is InChI=1S/C8H8F2O4/c9-6(10)4-13-3-5-1-2-14-7(5)8(11)12/h1-2,6H,3-4H2,(H,11,12). The van der Waals surface area contributed by atoms with Crippen LogP contribution in [0.5, 0.6) is 0 Å². The molecule has 6 heteroatoms. The minimum absolute atomic E-state index is 0.192. The van der Waals surface area contributed by atoms with Crippen LogP contribution in [-0.4, -0.2) is 24.1 Å². The first-order chi connectivity index (χ1) is 6.61. The normalized spacial score (nSPS) is 10.8. The Labute approximate surface area is 78.1 Å². The summed E-state index contributed by atoms with van der Waals surface area (Å²) in [5, 5.41) is 8.57. The summed E-state index contributed by atoms with van der Waals surface area (Å²) in [7, 11) is 0. The van der Waals surface area contributed by atoms with E-state index in [9.17, 15) is 13.6 Å². The van der Waals surface area contributed by atoms with Crippen LogP contribution in [0, 0.1) is 0 Å². The lowest BCUT2D eigenvalue weighted by atomic mass is 10.2. The molecule has 0 atom stereocenters. The third-order valence-corrected chi connectivity index (χ3v) is 1.44. The molecular weight excluding hydrogens is 198 g/mol. The van der Waals surface area contributed by atoms with E-state index in [0.717, 1.165) is 0 Å². The second-order valence-electron chi connectivity index (χ2n) is 2.49. The summed E-state index contributed by atoms with van der Waals surface area (Å²) < 4.78 is 32.5. The van der Waals surface area contributed by atoms with Crippen LogP contribution in [0.25, 0.3) is 0 Å². The molecule has 1 aromatic heterocycles. The number of carboxylic acids is 1. The molecule has 14 heavy (non-hydrogen) atoms. The van der Waals surface area contributed by atoms with Crippen molar-refractivity contribution in [1.82, 2.24) is 0 Å². The molecule has 0 spiro atoms. The molecule has 0 saturated heterocycles. The van der Waals surface area contributed by atoms with Crippen LogP contribution in [0.3, 0.4) is 0 Å². The SMILES string of the molecule is O=C(O)c1occc1COCC(F)F. The highest BCUT2D eigenvalue weighted by Gasteiger charge is 2.14. The molecule has 0 fully saturated rings. The van der Waals surface area contributed by atoms with Crippen molar-refractivity contribution in [2.75, 3.05) is 6.61 Å². The van der Waals surface area contributed by atoms with Gasteiger partial charge in [0.15, 0.2) is 0 Å². The molecule has 0 aliphatic carbocycles. The lowest BCUT2D eigenvalue weighted by Crippen LogP contribution is -2.06. The van der Waals surface area contributed by atoms with Crippen LogP contribution in [0.2, 0.25) is 0 Å². The number of alkyl halides is 2.